The van der Waals surface area contributed by atoms with Gasteiger partial charge in [-0.1, -0.05) is 20.8 Å². The van der Waals surface area contributed by atoms with Crippen LogP contribution in [0.15, 0.2) is 20.1 Å². The van der Waals surface area contributed by atoms with Gasteiger partial charge in [0.05, 0.1) is 10.4 Å². The van der Waals surface area contributed by atoms with Crippen molar-refractivity contribution in [3.05, 3.63) is 15.9 Å². The van der Waals surface area contributed by atoms with Crippen molar-refractivity contribution in [2.24, 2.45) is 5.41 Å². The molecule has 0 amide bonds. The number of thiophene rings is 1. The molecule has 0 saturated carbocycles. The topological polar surface area (TPSA) is 43.4 Å². The number of halogens is 1. The van der Waals surface area contributed by atoms with E-state index >= 15 is 0 Å². The van der Waals surface area contributed by atoms with Crippen LogP contribution in [0.1, 0.15) is 20.8 Å². The third kappa shape index (κ3) is 4.22. The van der Waals surface area contributed by atoms with Crippen molar-refractivity contribution in [3.63, 3.8) is 0 Å². The van der Waals surface area contributed by atoms with E-state index in [4.69, 9.17) is 4.18 Å². The summed E-state index contributed by atoms with van der Waals surface area (Å²) in [6, 6.07) is 3.23. The summed E-state index contributed by atoms with van der Waals surface area (Å²) in [4.78, 5) is 0. The van der Waals surface area contributed by atoms with Crippen LogP contribution in [0.2, 0.25) is 0 Å². The molecule has 0 spiro atoms. The SMILES string of the molecule is CC(C)(C)COS(=O)(=O)c1ccc(Br)s1. The lowest BCUT2D eigenvalue weighted by Crippen LogP contribution is -2.18. The average Bonchev–Trinajstić information content (AvgIpc) is 2.48. The van der Waals surface area contributed by atoms with Gasteiger partial charge in [0.25, 0.3) is 0 Å². The van der Waals surface area contributed by atoms with E-state index in [9.17, 15) is 8.42 Å². The van der Waals surface area contributed by atoms with Crippen LogP contribution < -0.4 is 0 Å². The summed E-state index contributed by atoms with van der Waals surface area (Å²) in [5.41, 5.74) is -0.165. The van der Waals surface area contributed by atoms with E-state index in [1.54, 1.807) is 6.07 Å². The molecule has 1 aromatic rings. The Morgan fingerprint density at radius 2 is 2.00 bits per heavy atom. The van der Waals surface area contributed by atoms with Gasteiger partial charge in [-0.2, -0.15) is 8.42 Å². The molecule has 0 radical (unpaired) electrons. The van der Waals surface area contributed by atoms with Crippen LogP contribution in [0.25, 0.3) is 0 Å². The molecule has 15 heavy (non-hydrogen) atoms. The summed E-state index contributed by atoms with van der Waals surface area (Å²) >= 11 is 4.36. The van der Waals surface area contributed by atoms with Crippen LogP contribution in [-0.2, 0) is 14.3 Å². The van der Waals surface area contributed by atoms with E-state index in [-0.39, 0.29) is 16.2 Å². The van der Waals surface area contributed by atoms with Gasteiger partial charge in [-0.3, -0.25) is 4.18 Å². The normalized spacial score (nSPS) is 13.1. The maximum absolute atomic E-state index is 11.7. The summed E-state index contributed by atoms with van der Waals surface area (Å²) in [5.74, 6) is 0. The molecule has 0 aliphatic heterocycles. The lowest BCUT2D eigenvalue weighted by atomic mass is 9.99. The molecule has 3 nitrogen and oxygen atoms in total. The minimum Gasteiger partial charge on any atom is -0.265 e. The smallest absolute Gasteiger partial charge is 0.265 e. The third-order valence-electron chi connectivity index (χ3n) is 1.44. The predicted octanol–water partition coefficient (Wildman–Crippen LogP) is 3.26. The monoisotopic (exact) mass is 312 g/mol. The molecule has 0 aliphatic rings. The van der Waals surface area contributed by atoms with Crippen LogP contribution in [0.5, 0.6) is 0 Å². The fourth-order valence-corrected chi connectivity index (χ4v) is 3.87. The molecule has 1 heterocycles. The van der Waals surface area contributed by atoms with Gasteiger partial charge < -0.3 is 0 Å². The van der Waals surface area contributed by atoms with Gasteiger partial charge in [-0.15, -0.1) is 11.3 Å². The number of rotatable bonds is 3. The van der Waals surface area contributed by atoms with E-state index in [0.29, 0.717) is 0 Å². The van der Waals surface area contributed by atoms with Crippen LogP contribution in [0.4, 0.5) is 0 Å². The Hall–Kier alpha value is 0.0900. The number of hydrogen-bond donors (Lipinski definition) is 0. The second-order valence-electron chi connectivity index (χ2n) is 4.34. The van der Waals surface area contributed by atoms with Gasteiger partial charge in [-0.05, 0) is 33.5 Å². The van der Waals surface area contributed by atoms with E-state index in [1.807, 2.05) is 20.8 Å². The van der Waals surface area contributed by atoms with Crippen molar-refractivity contribution < 1.29 is 12.6 Å². The van der Waals surface area contributed by atoms with Gasteiger partial charge >= 0.3 is 10.1 Å². The summed E-state index contributed by atoms with van der Waals surface area (Å²) in [6.07, 6.45) is 0. The third-order valence-corrected chi connectivity index (χ3v) is 4.78. The molecule has 1 rings (SSSR count). The number of hydrogen-bond acceptors (Lipinski definition) is 4. The van der Waals surface area contributed by atoms with Gasteiger partial charge in [0.2, 0.25) is 0 Å². The highest BCUT2D eigenvalue weighted by molar-refractivity contribution is 9.11. The molecule has 0 aromatic carbocycles. The van der Waals surface area contributed by atoms with Gasteiger partial charge in [-0.25, -0.2) is 0 Å². The Morgan fingerprint density at radius 1 is 1.40 bits per heavy atom. The minimum atomic E-state index is -3.58. The Morgan fingerprint density at radius 3 is 2.40 bits per heavy atom. The van der Waals surface area contributed by atoms with Crippen molar-refractivity contribution in [1.82, 2.24) is 0 Å². The molecule has 1 aromatic heterocycles. The first-order chi connectivity index (χ1) is 6.71. The minimum absolute atomic E-state index is 0.165. The molecule has 0 fully saturated rings. The summed E-state index contributed by atoms with van der Waals surface area (Å²) in [5, 5.41) is 0. The van der Waals surface area contributed by atoms with Crippen LogP contribution in [0, 0.1) is 5.41 Å². The highest BCUT2D eigenvalue weighted by Gasteiger charge is 2.21. The van der Waals surface area contributed by atoms with Gasteiger partial charge in [0.1, 0.15) is 4.21 Å². The quantitative estimate of drug-likeness (QED) is 0.805. The Balaban J connectivity index is 2.77. The maximum atomic E-state index is 11.7. The average molecular weight is 313 g/mol. The lowest BCUT2D eigenvalue weighted by Gasteiger charge is -2.16. The van der Waals surface area contributed by atoms with E-state index in [1.165, 1.54) is 6.07 Å². The molecule has 0 N–H and O–H groups in total. The fourth-order valence-electron chi connectivity index (χ4n) is 0.744. The second kappa shape index (κ2) is 4.53. The molecule has 0 unspecified atom stereocenters. The molecule has 0 saturated heterocycles. The van der Waals surface area contributed by atoms with Crippen molar-refractivity contribution in [1.29, 1.82) is 0 Å². The lowest BCUT2D eigenvalue weighted by molar-refractivity contribution is 0.204. The molecule has 86 valence electrons. The molecule has 0 bridgehead atoms. The van der Waals surface area contributed by atoms with E-state index < -0.39 is 10.1 Å². The summed E-state index contributed by atoms with van der Waals surface area (Å²) in [6.45, 7) is 5.96. The first-order valence-corrected chi connectivity index (χ1v) is 7.37. The van der Waals surface area contributed by atoms with Gasteiger partial charge in [0, 0.05) is 0 Å². The molecular weight excluding hydrogens is 300 g/mol. The highest BCUT2D eigenvalue weighted by Crippen LogP contribution is 2.28. The van der Waals surface area contributed by atoms with Crippen LogP contribution in [0.3, 0.4) is 0 Å². The van der Waals surface area contributed by atoms with Crippen molar-refractivity contribution in [2.45, 2.75) is 25.0 Å². The van der Waals surface area contributed by atoms with E-state index in [2.05, 4.69) is 15.9 Å². The zero-order valence-corrected chi connectivity index (χ0v) is 12.0. The van der Waals surface area contributed by atoms with E-state index in [0.717, 1.165) is 15.1 Å². The predicted molar refractivity (Wildman–Crippen MR) is 64.6 cm³/mol. The second-order valence-corrected chi connectivity index (χ2v) is 8.64. The molecule has 0 aliphatic carbocycles. The fraction of sp³-hybridized carbons (Fsp3) is 0.556. The standard InChI is InChI=1S/C9H13BrO3S2/c1-9(2,3)6-13-15(11,12)8-5-4-7(10)14-8/h4-5H,6H2,1-3H3. The zero-order valence-electron chi connectivity index (χ0n) is 8.78. The maximum Gasteiger partial charge on any atom is 0.306 e. The largest absolute Gasteiger partial charge is 0.306 e. The highest BCUT2D eigenvalue weighted by atomic mass is 79.9. The van der Waals surface area contributed by atoms with Crippen molar-refractivity contribution in [3.8, 4) is 0 Å². The molecule has 6 heteroatoms. The molecule has 0 atom stereocenters. The molecular formula is C9H13BrO3S2. The van der Waals surface area contributed by atoms with Crippen LogP contribution in [-0.4, -0.2) is 15.0 Å². The first kappa shape index (κ1) is 13.2. The Bertz CT molecular complexity index is 428. The summed E-state index contributed by atoms with van der Waals surface area (Å²) < 4.78 is 29.3. The van der Waals surface area contributed by atoms with Crippen molar-refractivity contribution in [2.75, 3.05) is 6.61 Å². The first-order valence-electron chi connectivity index (χ1n) is 4.35. The summed E-state index contributed by atoms with van der Waals surface area (Å²) in [7, 11) is -3.58. The van der Waals surface area contributed by atoms with Crippen LogP contribution >= 0.6 is 27.3 Å². The Kier molecular flexibility index (Phi) is 3.97. The van der Waals surface area contributed by atoms with Crippen molar-refractivity contribution >= 4 is 37.4 Å². The van der Waals surface area contributed by atoms with Gasteiger partial charge in [0.15, 0.2) is 0 Å². The Labute approximate surface area is 103 Å². The zero-order chi connectivity index (χ0) is 11.7.